The first-order valence-corrected chi connectivity index (χ1v) is 15.1. The lowest BCUT2D eigenvalue weighted by atomic mass is 10.3. The second-order valence-electron chi connectivity index (χ2n) is 5.99. The van der Waals surface area contributed by atoms with E-state index < -0.39 is 0 Å². The van der Waals surface area contributed by atoms with Crippen molar-refractivity contribution in [3.8, 4) is 0 Å². The molecule has 0 radical (unpaired) electrons. The van der Waals surface area contributed by atoms with Crippen LogP contribution in [0.15, 0.2) is 0 Å². The zero-order chi connectivity index (χ0) is 24.6. The fourth-order valence-electron chi connectivity index (χ4n) is 1.82. The Balaban J connectivity index is 3.37. The molecule has 0 bridgehead atoms. The third kappa shape index (κ3) is 23.9. The highest BCUT2D eigenvalue weighted by Gasteiger charge is 2.08. The lowest BCUT2D eigenvalue weighted by molar-refractivity contribution is -0.129. The van der Waals surface area contributed by atoms with Crippen molar-refractivity contribution in [2.75, 3.05) is 69.6 Å². The molecule has 0 rings (SSSR count). The molecular weight excluding hydrogens is 496 g/mol. The monoisotopic (exact) mass is 532 g/mol. The van der Waals surface area contributed by atoms with Gasteiger partial charge in [-0.2, -0.15) is 0 Å². The summed E-state index contributed by atoms with van der Waals surface area (Å²) in [5.41, 5.74) is 1.79. The van der Waals surface area contributed by atoms with E-state index in [2.05, 4.69) is 16.0 Å². The van der Waals surface area contributed by atoms with Gasteiger partial charge in [-0.3, -0.25) is 19.2 Å². The van der Waals surface area contributed by atoms with Gasteiger partial charge in [0.25, 0.3) is 0 Å². The quantitative estimate of drug-likeness (QED) is 0.0878. The SMILES string of the molecule is [3H]NC(=O)CCOCCSSCCNC(=O)CC(=O)NCCSSCCOCCC(=O)NC. The van der Waals surface area contributed by atoms with E-state index in [1.165, 1.54) is 0 Å². The third-order valence-electron chi connectivity index (χ3n) is 3.35. The van der Waals surface area contributed by atoms with Crippen LogP contribution in [-0.4, -0.2) is 93.2 Å². The molecule has 32 heavy (non-hydrogen) atoms. The van der Waals surface area contributed by atoms with Crippen molar-refractivity contribution in [1.29, 1.82) is 0 Å². The molecule has 4 amide bonds. The highest BCUT2D eigenvalue weighted by molar-refractivity contribution is 8.77. The Bertz CT molecular complexity index is 520. The lowest BCUT2D eigenvalue weighted by Gasteiger charge is -2.07. The first-order chi connectivity index (χ1) is 16.0. The van der Waals surface area contributed by atoms with Gasteiger partial charge in [0.2, 0.25) is 23.6 Å². The first-order valence-electron chi connectivity index (χ1n) is 10.6. The van der Waals surface area contributed by atoms with E-state index >= 15 is 0 Å². The van der Waals surface area contributed by atoms with Crippen LogP contribution in [-0.2, 0) is 28.7 Å². The minimum absolute atomic E-state index is 0.0381. The molecule has 0 spiro atoms. The third-order valence-corrected chi connectivity index (χ3v) is 8.09. The normalized spacial score (nSPS) is 10.8. The number of carbonyl (C=O) groups excluding carboxylic acids is 4. The van der Waals surface area contributed by atoms with Crippen molar-refractivity contribution in [1.82, 2.24) is 16.0 Å². The Labute approximate surface area is 207 Å². The van der Waals surface area contributed by atoms with Gasteiger partial charge in [-0.15, -0.1) is 0 Å². The van der Waals surface area contributed by atoms with Gasteiger partial charge in [-0.1, -0.05) is 43.2 Å². The van der Waals surface area contributed by atoms with Crippen LogP contribution in [0.5, 0.6) is 0 Å². The van der Waals surface area contributed by atoms with Gasteiger partial charge >= 0.3 is 0 Å². The largest absolute Gasteiger partial charge is 0.380 e. The van der Waals surface area contributed by atoms with Crippen LogP contribution < -0.4 is 21.7 Å². The predicted octanol–water partition coefficient (Wildman–Crippen LogP) is 0.416. The van der Waals surface area contributed by atoms with Crippen LogP contribution in [0.1, 0.15) is 19.3 Å². The summed E-state index contributed by atoms with van der Waals surface area (Å²) in [6.45, 7) is 2.75. The molecule has 10 nitrogen and oxygen atoms in total. The summed E-state index contributed by atoms with van der Waals surface area (Å²) < 4.78 is 17.3. The minimum atomic E-state index is -0.367. The summed E-state index contributed by atoms with van der Waals surface area (Å²) in [5.74, 6) is 1.98. The molecule has 0 fully saturated rings. The maximum atomic E-state index is 11.8. The number of rotatable bonds is 22. The van der Waals surface area contributed by atoms with E-state index in [0.717, 1.165) is 17.3 Å². The van der Waals surface area contributed by atoms with Crippen molar-refractivity contribution < 1.29 is 30.1 Å². The number of nitrogens with two attached hydrogens (primary N) is 1. The number of primary amides is 1. The van der Waals surface area contributed by atoms with E-state index in [1.54, 1.807) is 55.9 Å². The molecule has 14 heteroatoms. The second-order valence-corrected chi connectivity index (χ2v) is 11.4. The number of amides is 4. The topological polar surface area (TPSA) is 149 Å². The van der Waals surface area contributed by atoms with Crippen molar-refractivity contribution in [2.45, 2.75) is 19.3 Å². The van der Waals surface area contributed by atoms with Crippen LogP contribution in [0.25, 0.3) is 0 Å². The molecule has 0 aromatic heterocycles. The van der Waals surface area contributed by atoms with Crippen LogP contribution in [0.2, 0.25) is 1.41 Å². The Morgan fingerprint density at radius 2 is 1.25 bits per heavy atom. The Morgan fingerprint density at radius 3 is 1.75 bits per heavy atom. The van der Waals surface area contributed by atoms with Crippen molar-refractivity contribution in [2.24, 2.45) is 5.73 Å². The summed E-state index contributed by atoms with van der Waals surface area (Å²) in [4.78, 5) is 45.4. The van der Waals surface area contributed by atoms with Crippen molar-refractivity contribution >= 4 is 66.8 Å². The predicted molar refractivity (Wildman–Crippen MR) is 135 cm³/mol. The van der Waals surface area contributed by atoms with E-state index in [4.69, 9.17) is 10.9 Å². The molecule has 5 N–H and O–H groups in total. The molecule has 0 aromatic carbocycles. The van der Waals surface area contributed by atoms with Gasteiger partial charge in [0, 0.05) is 56.0 Å². The molecule has 0 heterocycles. The van der Waals surface area contributed by atoms with Crippen LogP contribution in [0.4, 0.5) is 0 Å². The maximum absolute atomic E-state index is 11.8. The molecule has 0 aliphatic rings. The fourth-order valence-corrected chi connectivity index (χ4v) is 5.35. The number of nitrogens with one attached hydrogen (secondary N) is 3. The van der Waals surface area contributed by atoms with Gasteiger partial charge in [-0.05, 0) is 0 Å². The minimum Gasteiger partial charge on any atom is -0.380 e. The van der Waals surface area contributed by atoms with Crippen molar-refractivity contribution in [3.63, 3.8) is 0 Å². The second kappa shape index (κ2) is 23.4. The number of carbonyl (C=O) groups is 4. The molecule has 0 aliphatic carbocycles. The summed E-state index contributed by atoms with van der Waals surface area (Å²) >= 11 is 0. The van der Waals surface area contributed by atoms with Crippen molar-refractivity contribution in [3.05, 3.63) is 0 Å². The van der Waals surface area contributed by atoms with E-state index in [-0.39, 0.29) is 36.5 Å². The molecule has 0 saturated carbocycles. The smallest absolute Gasteiger partial charge is 0.229 e. The standard InChI is InChI=1S/C18H34N4O6S4/c1-20-16(24)3-7-28-9-13-32-30-11-5-22-18(26)14-17(25)21-4-10-29-31-12-8-27-6-2-15(19)23/h2-14H2,1H3,(H2,19,23)(H,20,24)(H,21,25)(H,22,26)/i/hT. The highest BCUT2D eigenvalue weighted by atomic mass is 33.1. The van der Waals surface area contributed by atoms with Gasteiger partial charge in [0.15, 0.2) is 1.41 Å². The highest BCUT2D eigenvalue weighted by Crippen LogP contribution is 2.20. The van der Waals surface area contributed by atoms with Gasteiger partial charge < -0.3 is 31.2 Å². The molecule has 0 saturated heterocycles. The van der Waals surface area contributed by atoms with Gasteiger partial charge in [-0.25, -0.2) is 0 Å². The summed E-state index contributed by atoms with van der Waals surface area (Å²) in [6, 6.07) is 0. The molecule has 0 aromatic rings. The fraction of sp³-hybridized carbons (Fsp3) is 0.778. The van der Waals surface area contributed by atoms with E-state index in [1.807, 2.05) is 0 Å². The van der Waals surface area contributed by atoms with E-state index in [9.17, 15) is 19.2 Å². The Hall–Kier alpha value is -0.800. The maximum Gasteiger partial charge on any atom is 0.229 e. The molecule has 0 aliphatic heterocycles. The summed E-state index contributed by atoms with van der Waals surface area (Å²) in [7, 11) is 8.04. The van der Waals surface area contributed by atoms with Crippen LogP contribution in [0, 0.1) is 0 Å². The molecule has 0 unspecified atom stereocenters. The summed E-state index contributed by atoms with van der Waals surface area (Å²) in [5, 5.41) is 7.97. The van der Waals surface area contributed by atoms with Crippen LogP contribution in [0.3, 0.4) is 0 Å². The number of ether oxygens (including phenoxy) is 2. The Morgan fingerprint density at radius 1 is 0.750 bits per heavy atom. The van der Waals surface area contributed by atoms with Crippen LogP contribution >= 0.6 is 43.2 Å². The Kier molecular flexibility index (Phi) is 21.3. The molecule has 0 atom stereocenters. The number of hydrogen-bond acceptors (Lipinski definition) is 10. The molecule has 186 valence electrons. The van der Waals surface area contributed by atoms with E-state index in [0.29, 0.717) is 51.7 Å². The zero-order valence-electron chi connectivity index (χ0n) is 19.3. The van der Waals surface area contributed by atoms with Gasteiger partial charge in [0.1, 0.15) is 6.42 Å². The average molecular weight is 533 g/mol. The average Bonchev–Trinajstić information content (AvgIpc) is 2.80. The zero-order valence-corrected chi connectivity index (χ0v) is 21.5. The number of hydrogen-bond donors (Lipinski definition) is 4. The van der Waals surface area contributed by atoms with Gasteiger partial charge in [0.05, 0.1) is 26.4 Å². The summed E-state index contributed by atoms with van der Waals surface area (Å²) in [6.07, 6.45) is 0.352. The first kappa shape index (κ1) is 29.2. The molecular formula is C18H34N4O6S4. The lowest BCUT2D eigenvalue weighted by Crippen LogP contribution is -2.33.